The molecule has 0 saturated heterocycles. The Morgan fingerprint density at radius 3 is 2.05 bits per heavy atom. The zero-order valence-electron chi connectivity index (χ0n) is 12.7. The maximum absolute atomic E-state index is 12.5. The van der Waals surface area contributed by atoms with Gasteiger partial charge in [0, 0.05) is 0 Å². The van der Waals surface area contributed by atoms with Crippen LogP contribution in [0.2, 0.25) is 0 Å². The monoisotopic (exact) mass is 288 g/mol. The number of rotatable bonds is 6. The number of hydrogen-bond acceptors (Lipinski definition) is 4. The Bertz CT molecular complexity index is 394. The van der Waals surface area contributed by atoms with Crippen LogP contribution in [0.25, 0.3) is 0 Å². The van der Waals surface area contributed by atoms with Gasteiger partial charge in [-0.1, -0.05) is 19.9 Å². The van der Waals surface area contributed by atoms with Crippen molar-refractivity contribution < 1.29 is 18.1 Å². The van der Waals surface area contributed by atoms with Gasteiger partial charge in [0.25, 0.3) is 0 Å². The molecule has 1 aliphatic rings. The van der Waals surface area contributed by atoms with Crippen LogP contribution in [0.3, 0.4) is 0 Å². The average molecular weight is 288 g/mol. The van der Waals surface area contributed by atoms with Gasteiger partial charge in [0.2, 0.25) is 0 Å². The summed E-state index contributed by atoms with van der Waals surface area (Å²) in [7, 11) is -3.56. The first-order valence-corrected chi connectivity index (χ1v) is 8.14. The second-order valence-electron chi connectivity index (χ2n) is 5.98. The molecule has 0 atom stereocenters. The lowest BCUT2D eigenvalue weighted by atomic mass is 9.86. The molecule has 0 aromatic rings. The van der Waals surface area contributed by atoms with Gasteiger partial charge in [-0.15, -0.1) is 0 Å². The van der Waals surface area contributed by atoms with Crippen molar-refractivity contribution in [2.75, 3.05) is 0 Å². The Morgan fingerprint density at radius 2 is 1.68 bits per heavy atom. The smallest absolute Gasteiger partial charge is 0.404 e. The van der Waals surface area contributed by atoms with E-state index in [1.165, 1.54) is 0 Å². The standard InChI is InChI=1S/C14H25O4P/c1-11(2)16-19(15,17-12(3)4)18-13-7-9-14(5,6)10-8-13/h7-9,11-12H,10H2,1-6H3. The Hall–Kier alpha value is -0.570. The SMILES string of the molecule is CC(C)OP(=O)(OC1=CCC(C)(C)C=C1)OC(C)C. The summed E-state index contributed by atoms with van der Waals surface area (Å²) >= 11 is 0. The van der Waals surface area contributed by atoms with E-state index in [2.05, 4.69) is 13.8 Å². The van der Waals surface area contributed by atoms with Crippen LogP contribution in [-0.4, -0.2) is 12.2 Å². The van der Waals surface area contributed by atoms with E-state index in [0.29, 0.717) is 5.76 Å². The van der Waals surface area contributed by atoms with E-state index in [1.807, 2.05) is 18.2 Å². The lowest BCUT2D eigenvalue weighted by Gasteiger charge is -2.26. The van der Waals surface area contributed by atoms with Crippen LogP contribution in [0.4, 0.5) is 0 Å². The first-order chi connectivity index (χ1) is 8.62. The minimum atomic E-state index is -3.56. The molecule has 19 heavy (non-hydrogen) atoms. The number of phosphoric acid groups is 1. The minimum Gasteiger partial charge on any atom is -0.404 e. The molecule has 0 spiro atoms. The van der Waals surface area contributed by atoms with Gasteiger partial charge in [-0.05, 0) is 51.7 Å². The van der Waals surface area contributed by atoms with Gasteiger partial charge in [-0.25, -0.2) is 4.57 Å². The Balaban J connectivity index is 2.77. The normalized spacial score (nSPS) is 18.8. The second kappa shape index (κ2) is 6.25. The van der Waals surface area contributed by atoms with Crippen LogP contribution in [-0.2, 0) is 18.1 Å². The van der Waals surface area contributed by atoms with Crippen molar-refractivity contribution in [1.82, 2.24) is 0 Å². The largest absolute Gasteiger partial charge is 0.530 e. The highest BCUT2D eigenvalue weighted by molar-refractivity contribution is 7.48. The van der Waals surface area contributed by atoms with Crippen molar-refractivity contribution in [3.63, 3.8) is 0 Å². The first kappa shape index (κ1) is 16.5. The molecule has 0 N–H and O–H groups in total. The van der Waals surface area contributed by atoms with Crippen molar-refractivity contribution >= 4 is 7.82 Å². The highest BCUT2D eigenvalue weighted by Gasteiger charge is 2.32. The van der Waals surface area contributed by atoms with Crippen LogP contribution in [0, 0.1) is 5.41 Å². The van der Waals surface area contributed by atoms with E-state index < -0.39 is 7.82 Å². The summed E-state index contributed by atoms with van der Waals surface area (Å²) < 4.78 is 28.7. The molecule has 0 aromatic heterocycles. The number of allylic oxidation sites excluding steroid dienone is 3. The molecule has 0 unspecified atom stereocenters. The number of hydrogen-bond donors (Lipinski definition) is 0. The van der Waals surface area contributed by atoms with Gasteiger partial charge in [0.05, 0.1) is 12.2 Å². The van der Waals surface area contributed by atoms with Gasteiger partial charge in [-0.3, -0.25) is 9.05 Å². The third kappa shape index (κ3) is 5.94. The molecule has 0 saturated carbocycles. The van der Waals surface area contributed by atoms with Crippen molar-refractivity contribution in [1.29, 1.82) is 0 Å². The van der Waals surface area contributed by atoms with E-state index in [-0.39, 0.29) is 17.6 Å². The lowest BCUT2D eigenvalue weighted by molar-refractivity contribution is 0.0894. The summed E-state index contributed by atoms with van der Waals surface area (Å²) in [6, 6.07) is 0. The Kier molecular flexibility index (Phi) is 5.43. The van der Waals surface area contributed by atoms with Crippen LogP contribution >= 0.6 is 7.82 Å². The fourth-order valence-corrected chi connectivity index (χ4v) is 3.15. The summed E-state index contributed by atoms with van der Waals surface area (Å²) in [5.41, 5.74) is 0.106. The molecule has 5 heteroatoms. The predicted molar refractivity (Wildman–Crippen MR) is 76.8 cm³/mol. The lowest BCUT2D eigenvalue weighted by Crippen LogP contribution is -2.12. The van der Waals surface area contributed by atoms with Crippen molar-refractivity contribution in [2.45, 2.75) is 60.2 Å². The van der Waals surface area contributed by atoms with E-state index in [9.17, 15) is 4.57 Å². The average Bonchev–Trinajstić information content (AvgIpc) is 2.18. The highest BCUT2D eigenvalue weighted by Crippen LogP contribution is 2.54. The maximum atomic E-state index is 12.5. The predicted octanol–water partition coefficient (Wildman–Crippen LogP) is 4.83. The van der Waals surface area contributed by atoms with Crippen LogP contribution in [0.5, 0.6) is 0 Å². The second-order valence-corrected chi connectivity index (χ2v) is 7.48. The molecule has 0 fully saturated rings. The van der Waals surface area contributed by atoms with Gasteiger partial charge in [0.15, 0.2) is 0 Å². The molecule has 1 aliphatic carbocycles. The zero-order chi connectivity index (χ0) is 14.7. The molecular weight excluding hydrogens is 263 g/mol. The molecule has 1 rings (SSSR count). The Labute approximate surface area is 116 Å². The van der Waals surface area contributed by atoms with Crippen LogP contribution in [0.15, 0.2) is 24.0 Å². The maximum Gasteiger partial charge on any atom is 0.530 e. The quantitative estimate of drug-likeness (QED) is 0.656. The van der Waals surface area contributed by atoms with Gasteiger partial charge in [0.1, 0.15) is 5.76 Å². The van der Waals surface area contributed by atoms with E-state index >= 15 is 0 Å². The third-order valence-electron chi connectivity index (χ3n) is 2.43. The molecule has 0 bridgehead atoms. The van der Waals surface area contributed by atoms with Gasteiger partial charge >= 0.3 is 7.82 Å². The van der Waals surface area contributed by atoms with E-state index in [0.717, 1.165) is 6.42 Å². The fraction of sp³-hybridized carbons (Fsp3) is 0.714. The molecular formula is C14H25O4P. The van der Waals surface area contributed by atoms with E-state index in [1.54, 1.807) is 27.7 Å². The van der Waals surface area contributed by atoms with Crippen molar-refractivity contribution in [2.24, 2.45) is 5.41 Å². The Morgan fingerprint density at radius 1 is 1.16 bits per heavy atom. The highest BCUT2D eigenvalue weighted by atomic mass is 31.2. The molecule has 0 heterocycles. The summed E-state index contributed by atoms with van der Waals surface area (Å²) in [4.78, 5) is 0. The molecule has 0 aromatic carbocycles. The van der Waals surface area contributed by atoms with E-state index in [4.69, 9.17) is 13.6 Å². The minimum absolute atomic E-state index is 0.106. The summed E-state index contributed by atoms with van der Waals surface area (Å²) in [5, 5.41) is 0. The fourth-order valence-electron chi connectivity index (χ4n) is 1.59. The molecule has 0 radical (unpaired) electrons. The molecule has 0 amide bonds. The summed E-state index contributed by atoms with van der Waals surface area (Å²) in [5.74, 6) is 0.545. The van der Waals surface area contributed by atoms with Crippen molar-refractivity contribution in [3.8, 4) is 0 Å². The number of phosphoric ester groups is 1. The molecule has 0 aliphatic heterocycles. The third-order valence-corrected chi connectivity index (χ3v) is 4.22. The zero-order valence-corrected chi connectivity index (χ0v) is 13.6. The van der Waals surface area contributed by atoms with Gasteiger partial charge in [-0.2, -0.15) is 0 Å². The van der Waals surface area contributed by atoms with Gasteiger partial charge < -0.3 is 4.52 Å². The van der Waals surface area contributed by atoms with Crippen LogP contribution < -0.4 is 0 Å². The van der Waals surface area contributed by atoms with Crippen molar-refractivity contribution in [3.05, 3.63) is 24.0 Å². The summed E-state index contributed by atoms with van der Waals surface area (Å²) in [6.45, 7) is 11.5. The van der Waals surface area contributed by atoms with Crippen LogP contribution in [0.1, 0.15) is 48.0 Å². The molecule has 4 nitrogen and oxygen atoms in total. The molecule has 110 valence electrons. The summed E-state index contributed by atoms with van der Waals surface area (Å²) in [6.07, 6.45) is 6.16. The first-order valence-electron chi connectivity index (χ1n) is 6.68. The topological polar surface area (TPSA) is 44.8 Å².